The maximum Gasteiger partial charge on any atom is 0.188 e. The van der Waals surface area contributed by atoms with Gasteiger partial charge in [-0.3, -0.25) is 0 Å². The maximum atomic E-state index is 5.93. The highest BCUT2D eigenvalue weighted by Gasteiger charge is 2.14. The van der Waals surface area contributed by atoms with E-state index in [2.05, 4.69) is 24.2 Å². The first-order chi connectivity index (χ1) is 9.28. The van der Waals surface area contributed by atoms with Crippen LogP contribution in [0.2, 0.25) is 0 Å². The molecule has 0 radical (unpaired) electrons. The summed E-state index contributed by atoms with van der Waals surface area (Å²) in [6.07, 6.45) is 0. The number of benzene rings is 1. The Kier molecular flexibility index (Phi) is 8.70. The minimum Gasteiger partial charge on any atom is -0.488 e. The molecule has 0 atom stereocenters. The molecule has 0 aliphatic heterocycles. The van der Waals surface area contributed by atoms with Crippen molar-refractivity contribution in [1.82, 2.24) is 5.32 Å². The molecule has 0 spiro atoms. The summed E-state index contributed by atoms with van der Waals surface area (Å²) < 4.78 is 5.93. The van der Waals surface area contributed by atoms with Gasteiger partial charge in [0, 0.05) is 12.1 Å². The van der Waals surface area contributed by atoms with Gasteiger partial charge >= 0.3 is 0 Å². The fraction of sp³-hybridized carbons (Fsp3) is 0.562. The van der Waals surface area contributed by atoms with Crippen LogP contribution in [-0.4, -0.2) is 18.1 Å². The van der Waals surface area contributed by atoms with E-state index in [1.807, 2.05) is 45.0 Å². The monoisotopic (exact) mass is 405 g/mol. The number of halogens is 1. The van der Waals surface area contributed by atoms with Gasteiger partial charge in [-0.1, -0.05) is 32.0 Å². The Balaban J connectivity index is 0.00000400. The van der Waals surface area contributed by atoms with Crippen LogP contribution < -0.4 is 15.8 Å². The van der Waals surface area contributed by atoms with Crippen molar-refractivity contribution in [3.63, 3.8) is 0 Å². The minimum atomic E-state index is -0.221. The zero-order chi connectivity index (χ0) is 15.2. The van der Waals surface area contributed by atoms with Gasteiger partial charge in [0.2, 0.25) is 0 Å². The van der Waals surface area contributed by atoms with E-state index in [-0.39, 0.29) is 29.6 Å². The van der Waals surface area contributed by atoms with Gasteiger partial charge in [-0.25, -0.2) is 4.99 Å². The SMILES string of the molecule is CC(C)CNC(N)=NCc1ccccc1OC(C)(C)C.I. The highest BCUT2D eigenvalue weighted by Crippen LogP contribution is 2.23. The van der Waals surface area contributed by atoms with Crippen LogP contribution in [0.3, 0.4) is 0 Å². The zero-order valence-electron chi connectivity index (χ0n) is 13.6. The van der Waals surface area contributed by atoms with E-state index in [0.717, 1.165) is 17.9 Å². The number of hydrogen-bond donors (Lipinski definition) is 2. The lowest BCUT2D eigenvalue weighted by atomic mass is 10.1. The van der Waals surface area contributed by atoms with Crippen LogP contribution in [0.15, 0.2) is 29.3 Å². The van der Waals surface area contributed by atoms with Gasteiger partial charge in [0.15, 0.2) is 5.96 Å². The third kappa shape index (κ3) is 8.80. The number of guanidine groups is 1. The normalized spacial score (nSPS) is 12.0. The van der Waals surface area contributed by atoms with Crippen LogP contribution in [0.25, 0.3) is 0 Å². The van der Waals surface area contributed by atoms with Crippen LogP contribution in [0.4, 0.5) is 0 Å². The molecular weight excluding hydrogens is 377 g/mol. The number of rotatable bonds is 5. The van der Waals surface area contributed by atoms with E-state index in [0.29, 0.717) is 18.4 Å². The smallest absolute Gasteiger partial charge is 0.188 e. The molecule has 1 rings (SSSR count). The first kappa shape index (κ1) is 20.0. The predicted octanol–water partition coefficient (Wildman–Crippen LogP) is 3.54. The molecule has 0 aliphatic carbocycles. The van der Waals surface area contributed by atoms with E-state index in [1.165, 1.54) is 0 Å². The summed E-state index contributed by atoms with van der Waals surface area (Å²) in [6.45, 7) is 11.7. The maximum absolute atomic E-state index is 5.93. The number of nitrogens with zero attached hydrogens (tertiary/aromatic N) is 1. The predicted molar refractivity (Wildman–Crippen MR) is 100 cm³/mol. The highest BCUT2D eigenvalue weighted by molar-refractivity contribution is 14.0. The Labute approximate surface area is 145 Å². The van der Waals surface area contributed by atoms with E-state index < -0.39 is 0 Å². The molecule has 1 aromatic carbocycles. The largest absolute Gasteiger partial charge is 0.488 e. The van der Waals surface area contributed by atoms with E-state index in [4.69, 9.17) is 10.5 Å². The molecule has 0 bridgehead atoms. The molecule has 4 nitrogen and oxygen atoms in total. The first-order valence-electron chi connectivity index (χ1n) is 7.08. The average Bonchev–Trinajstić information content (AvgIpc) is 2.33. The van der Waals surface area contributed by atoms with Crippen LogP contribution in [0.5, 0.6) is 5.75 Å². The lowest BCUT2D eigenvalue weighted by Crippen LogP contribution is -2.34. The summed E-state index contributed by atoms with van der Waals surface area (Å²) >= 11 is 0. The topological polar surface area (TPSA) is 59.6 Å². The average molecular weight is 405 g/mol. The van der Waals surface area contributed by atoms with Crippen molar-refractivity contribution in [2.75, 3.05) is 6.54 Å². The minimum absolute atomic E-state index is 0. The molecule has 0 saturated heterocycles. The third-order valence-corrected chi connectivity index (χ3v) is 2.50. The second-order valence-corrected chi connectivity index (χ2v) is 6.30. The second-order valence-electron chi connectivity index (χ2n) is 6.30. The molecule has 120 valence electrons. The summed E-state index contributed by atoms with van der Waals surface area (Å²) in [6, 6.07) is 7.93. The fourth-order valence-electron chi connectivity index (χ4n) is 1.60. The number of ether oxygens (including phenoxy) is 1. The lowest BCUT2D eigenvalue weighted by Gasteiger charge is -2.23. The molecule has 0 unspecified atom stereocenters. The quantitative estimate of drug-likeness (QED) is 0.448. The van der Waals surface area contributed by atoms with Gasteiger partial charge in [0.05, 0.1) is 6.54 Å². The van der Waals surface area contributed by atoms with Crippen LogP contribution >= 0.6 is 24.0 Å². The Morgan fingerprint density at radius 1 is 1.29 bits per heavy atom. The Bertz CT molecular complexity index is 453. The van der Waals surface area contributed by atoms with E-state index >= 15 is 0 Å². The molecule has 0 aromatic heterocycles. The second kappa shape index (κ2) is 9.12. The summed E-state index contributed by atoms with van der Waals surface area (Å²) in [7, 11) is 0. The van der Waals surface area contributed by atoms with Crippen molar-refractivity contribution >= 4 is 29.9 Å². The number of para-hydroxylation sites is 1. The summed E-state index contributed by atoms with van der Waals surface area (Å²) in [4.78, 5) is 4.36. The van der Waals surface area contributed by atoms with Crippen molar-refractivity contribution in [2.45, 2.75) is 46.8 Å². The van der Waals surface area contributed by atoms with Gasteiger partial charge in [0.1, 0.15) is 11.4 Å². The molecule has 0 saturated carbocycles. The van der Waals surface area contributed by atoms with Gasteiger partial charge in [-0.05, 0) is 32.8 Å². The molecule has 0 amide bonds. The molecular formula is C16H28IN3O. The molecule has 5 heteroatoms. The Hall–Kier alpha value is -0.980. The van der Waals surface area contributed by atoms with Gasteiger partial charge in [0.25, 0.3) is 0 Å². The van der Waals surface area contributed by atoms with Crippen molar-refractivity contribution in [3.8, 4) is 5.75 Å². The summed E-state index contributed by atoms with van der Waals surface area (Å²) in [5.41, 5.74) is 6.66. The van der Waals surface area contributed by atoms with Crippen LogP contribution in [0.1, 0.15) is 40.2 Å². The van der Waals surface area contributed by atoms with Gasteiger partial charge in [-0.15, -0.1) is 24.0 Å². The van der Waals surface area contributed by atoms with Crippen molar-refractivity contribution < 1.29 is 4.74 Å². The molecule has 0 fully saturated rings. The number of aliphatic imine (C=N–C) groups is 1. The summed E-state index contributed by atoms with van der Waals surface area (Å²) in [5.74, 6) is 1.88. The van der Waals surface area contributed by atoms with Crippen molar-refractivity contribution in [1.29, 1.82) is 0 Å². The lowest BCUT2D eigenvalue weighted by molar-refractivity contribution is 0.129. The first-order valence-corrected chi connectivity index (χ1v) is 7.08. The molecule has 1 aromatic rings. The molecule has 0 heterocycles. The van der Waals surface area contributed by atoms with Crippen LogP contribution in [0, 0.1) is 5.92 Å². The van der Waals surface area contributed by atoms with Crippen LogP contribution in [-0.2, 0) is 6.54 Å². The van der Waals surface area contributed by atoms with Crippen molar-refractivity contribution in [3.05, 3.63) is 29.8 Å². The molecule has 3 N–H and O–H groups in total. The number of nitrogens with two attached hydrogens (primary N) is 1. The van der Waals surface area contributed by atoms with E-state index in [1.54, 1.807) is 0 Å². The number of nitrogens with one attached hydrogen (secondary N) is 1. The standard InChI is InChI=1S/C16H27N3O.HI/c1-12(2)10-18-15(17)19-11-13-8-6-7-9-14(13)20-16(3,4)5;/h6-9,12H,10-11H2,1-5H3,(H3,17,18,19);1H. The van der Waals surface area contributed by atoms with Gasteiger partial charge < -0.3 is 15.8 Å². The summed E-state index contributed by atoms with van der Waals surface area (Å²) in [5, 5.41) is 3.11. The Morgan fingerprint density at radius 3 is 2.48 bits per heavy atom. The third-order valence-electron chi connectivity index (χ3n) is 2.50. The van der Waals surface area contributed by atoms with E-state index in [9.17, 15) is 0 Å². The number of hydrogen-bond acceptors (Lipinski definition) is 2. The zero-order valence-corrected chi connectivity index (χ0v) is 16.0. The molecule has 0 aliphatic rings. The molecule has 21 heavy (non-hydrogen) atoms. The Morgan fingerprint density at radius 2 is 1.90 bits per heavy atom. The fourth-order valence-corrected chi connectivity index (χ4v) is 1.60. The highest BCUT2D eigenvalue weighted by atomic mass is 127. The van der Waals surface area contributed by atoms with Gasteiger partial charge in [-0.2, -0.15) is 0 Å². The van der Waals surface area contributed by atoms with Crippen molar-refractivity contribution in [2.24, 2.45) is 16.6 Å².